The molecule has 14 heteroatoms. The van der Waals surface area contributed by atoms with Crippen LogP contribution in [0.2, 0.25) is 0 Å². The summed E-state index contributed by atoms with van der Waals surface area (Å²) in [5.74, 6) is -3.05. The Morgan fingerprint density at radius 3 is 1.48 bits per heavy atom. The first-order chi connectivity index (χ1) is 36.5. The van der Waals surface area contributed by atoms with Crippen LogP contribution < -0.4 is 0 Å². The number of hydrogen-bond acceptors (Lipinski definition) is 14. The molecule has 14 nitrogen and oxygen atoms in total. The molecule has 0 aromatic rings. The van der Waals surface area contributed by atoms with Gasteiger partial charge < -0.3 is 58.3 Å². The van der Waals surface area contributed by atoms with Crippen LogP contribution in [-0.2, 0) is 47.5 Å². The molecule has 20 atom stereocenters. The molecule has 6 saturated heterocycles. The van der Waals surface area contributed by atoms with Crippen molar-refractivity contribution in [3.05, 3.63) is 94.2 Å². The second-order valence-corrected chi connectivity index (χ2v) is 25.1. The van der Waals surface area contributed by atoms with Gasteiger partial charge in [0.05, 0.1) is 37.6 Å². The van der Waals surface area contributed by atoms with Crippen molar-refractivity contribution in [3.63, 3.8) is 0 Å². The van der Waals surface area contributed by atoms with Crippen molar-refractivity contribution in [1.82, 2.24) is 0 Å². The van der Waals surface area contributed by atoms with Gasteiger partial charge in [-0.2, -0.15) is 0 Å². The molecule has 0 saturated carbocycles. The molecule has 10 aliphatic rings. The summed E-state index contributed by atoms with van der Waals surface area (Å²) in [5, 5.41) is 45.7. The van der Waals surface area contributed by atoms with Crippen LogP contribution in [0.4, 0.5) is 0 Å². The third-order valence-corrected chi connectivity index (χ3v) is 18.8. The Kier molecular flexibility index (Phi) is 17.7. The zero-order valence-corrected chi connectivity index (χ0v) is 47.5. The van der Waals surface area contributed by atoms with Crippen LogP contribution in [0.1, 0.15) is 153 Å². The maximum Gasteiger partial charge on any atom is 0.316 e. The third-order valence-electron chi connectivity index (χ3n) is 18.8. The summed E-state index contributed by atoms with van der Waals surface area (Å²) in [6.07, 6.45) is 24.5. The van der Waals surface area contributed by atoms with Crippen LogP contribution in [0.15, 0.2) is 94.2 Å². The van der Waals surface area contributed by atoms with Gasteiger partial charge in [0.2, 0.25) is 0 Å². The number of fused-ring (bicyclic) bond motifs is 4. The van der Waals surface area contributed by atoms with Crippen LogP contribution >= 0.6 is 0 Å². The largest absolute Gasteiger partial charge is 0.462 e. The lowest BCUT2D eigenvalue weighted by Gasteiger charge is -2.50. The molecule has 77 heavy (non-hydrogen) atoms. The highest BCUT2D eigenvalue weighted by Gasteiger charge is 2.62. The Balaban J connectivity index is 0.000000188. The lowest BCUT2D eigenvalue weighted by Crippen LogP contribution is -2.58. The van der Waals surface area contributed by atoms with E-state index in [0.717, 1.165) is 57.8 Å². The maximum atomic E-state index is 13.9. The van der Waals surface area contributed by atoms with E-state index in [1.807, 2.05) is 24.3 Å². The number of carbonyl (C=O) groups is 2. The van der Waals surface area contributed by atoms with Gasteiger partial charge in [-0.3, -0.25) is 9.59 Å². The van der Waals surface area contributed by atoms with Gasteiger partial charge in [0.1, 0.15) is 59.7 Å². The van der Waals surface area contributed by atoms with Crippen molar-refractivity contribution in [2.75, 3.05) is 13.2 Å². The molecule has 8 aliphatic heterocycles. The fourth-order valence-corrected chi connectivity index (χ4v) is 14.1. The van der Waals surface area contributed by atoms with Gasteiger partial charge in [-0.15, -0.1) is 0 Å². The summed E-state index contributed by atoms with van der Waals surface area (Å²) in [4.78, 5) is 27.7. The first kappa shape index (κ1) is 58.1. The van der Waals surface area contributed by atoms with Gasteiger partial charge >= 0.3 is 11.9 Å². The fourth-order valence-electron chi connectivity index (χ4n) is 14.1. The highest BCUT2D eigenvalue weighted by atomic mass is 16.7. The van der Waals surface area contributed by atoms with E-state index < -0.39 is 83.2 Å². The van der Waals surface area contributed by atoms with Gasteiger partial charge in [0.15, 0.2) is 11.6 Å². The quantitative estimate of drug-likeness (QED) is 0.144. The van der Waals surface area contributed by atoms with Crippen molar-refractivity contribution >= 4 is 11.9 Å². The smallest absolute Gasteiger partial charge is 0.316 e. The van der Waals surface area contributed by atoms with E-state index in [2.05, 4.69) is 79.7 Å². The fraction of sp³-hybridized carbons (Fsp3) is 0.714. The minimum atomic E-state index is -1.68. The second kappa shape index (κ2) is 23.5. The van der Waals surface area contributed by atoms with E-state index >= 15 is 0 Å². The van der Waals surface area contributed by atoms with Gasteiger partial charge in [0, 0.05) is 38.5 Å². The van der Waals surface area contributed by atoms with Crippen LogP contribution in [0.25, 0.3) is 0 Å². The molecule has 6 fully saturated rings. The molecule has 0 radical (unpaired) electrons. The van der Waals surface area contributed by atoms with Crippen LogP contribution in [0.3, 0.4) is 0 Å². The van der Waals surface area contributed by atoms with Crippen LogP contribution in [0, 0.1) is 35.5 Å². The minimum Gasteiger partial charge on any atom is -0.462 e. The van der Waals surface area contributed by atoms with Crippen molar-refractivity contribution < 1.29 is 67.9 Å². The normalized spacial score (nSPS) is 45.6. The van der Waals surface area contributed by atoms with E-state index in [-0.39, 0.29) is 37.6 Å². The van der Waals surface area contributed by atoms with Crippen molar-refractivity contribution in [2.45, 2.75) is 237 Å². The van der Waals surface area contributed by atoms with Crippen molar-refractivity contribution in [3.8, 4) is 0 Å². The van der Waals surface area contributed by atoms with E-state index in [0.29, 0.717) is 71.6 Å². The first-order valence-electron chi connectivity index (χ1n) is 29.1. The molecule has 2 aliphatic carbocycles. The van der Waals surface area contributed by atoms with Crippen molar-refractivity contribution in [1.29, 1.82) is 0 Å². The molecule has 2 spiro atoms. The molecule has 8 heterocycles. The number of aliphatic hydroxyl groups is 4. The number of carbonyl (C=O) groups excluding carboxylic acids is 2. The number of rotatable bonds is 1. The predicted octanol–water partition coefficient (Wildman–Crippen LogP) is 9.46. The van der Waals surface area contributed by atoms with Crippen LogP contribution in [-0.4, -0.2) is 129 Å². The average molecular weight is 1070 g/mol. The van der Waals surface area contributed by atoms with Crippen molar-refractivity contribution in [2.24, 2.45) is 35.5 Å². The summed E-state index contributed by atoms with van der Waals surface area (Å²) in [6, 6.07) is 0. The lowest BCUT2D eigenvalue weighted by molar-refractivity contribution is -0.335. The molecule has 4 N–H and O–H groups in total. The molecular formula is C63H90O14. The number of hydrogen-bond donors (Lipinski definition) is 4. The lowest BCUT2D eigenvalue weighted by atomic mass is 9.71. The summed E-state index contributed by atoms with van der Waals surface area (Å²) >= 11 is 0. The SMILES string of the molecule is CC1=CC[C@@H]2C[C@@H](C[C@]3(CC[C@H](C)[C@@H](C)O3)O2)OC(=O)[C@@H]2C=C(C)[C@@H](O)[C@H]3OCC(=CC=C[C@H](C)C1)[C@]32O.CC[C@H]1O[C@]2(CC[C@@H]1C)C[C@@H]1C[C@@H](CC=C(C)C[C@@H](C)C=CC=C3CO[C@@H]4[C@H](O)C(C)=C[C@@H](C(=O)O1)[C@]34O)O2. The Hall–Kier alpha value is -3.54. The summed E-state index contributed by atoms with van der Waals surface area (Å²) in [6.45, 7) is 21.1. The highest BCUT2D eigenvalue weighted by Crippen LogP contribution is 2.50. The Labute approximate surface area is 457 Å². The van der Waals surface area contributed by atoms with E-state index in [9.17, 15) is 30.0 Å². The van der Waals surface area contributed by atoms with Gasteiger partial charge in [-0.05, 0) is 126 Å². The minimum absolute atomic E-state index is 0.0526. The molecule has 0 aromatic heterocycles. The predicted molar refractivity (Wildman–Crippen MR) is 291 cm³/mol. The summed E-state index contributed by atoms with van der Waals surface area (Å²) < 4.78 is 50.6. The zero-order chi connectivity index (χ0) is 55.2. The maximum absolute atomic E-state index is 13.9. The zero-order valence-electron chi connectivity index (χ0n) is 47.5. The number of aliphatic hydroxyl groups excluding tert-OH is 2. The first-order valence-corrected chi connectivity index (χ1v) is 29.1. The molecule has 0 unspecified atom stereocenters. The molecular weight excluding hydrogens is 981 g/mol. The Bertz CT molecular complexity index is 2430. The van der Waals surface area contributed by atoms with E-state index in [1.54, 1.807) is 26.0 Å². The number of esters is 2. The third kappa shape index (κ3) is 12.1. The topological polar surface area (TPSA) is 189 Å². The molecule has 0 aromatic carbocycles. The summed E-state index contributed by atoms with van der Waals surface area (Å²) in [7, 11) is 0. The second-order valence-electron chi connectivity index (χ2n) is 25.1. The monoisotopic (exact) mass is 1070 g/mol. The average Bonchev–Trinajstić information content (AvgIpc) is 4.11. The summed E-state index contributed by atoms with van der Waals surface area (Å²) in [5.41, 5.74) is 1.57. The molecule has 426 valence electrons. The van der Waals surface area contributed by atoms with E-state index in [1.165, 1.54) is 11.1 Å². The molecule has 0 amide bonds. The standard InChI is InChI=1S/C32H46O7.C31H44O7/c1-6-27-21(4)12-13-31(39-27)17-25-16-24(38-31)11-10-20(3)14-19(2)8-7-9-23-18-36-29-28(33)22(5)15-26(30(34)37-25)32(23,29)35;1-18-7-6-8-23-17-35-28-27(32)21(4)14-26(31(23,28)34)29(33)36-25-15-24(10-9-19(2)13-18)38-30(16-25)12-11-20(3)22(5)37-30/h7-10,15,19,21,24-29,33,35H,6,11-14,16-18H2,1-5H3;6-9,14,18,20,22,24-28,32,34H,10-13,15-17H2,1-5H3/t19-,21-,24+,25-,26-,27+,28+,29+,31+,32+;18-,20-,22+,24+,25-,26-,27+,28+,30-,31+/m00/s1. The molecule has 4 bridgehead atoms. The van der Waals surface area contributed by atoms with Gasteiger partial charge in [-0.1, -0.05) is 107 Å². The van der Waals surface area contributed by atoms with Gasteiger partial charge in [-0.25, -0.2) is 0 Å². The van der Waals surface area contributed by atoms with E-state index in [4.69, 9.17) is 37.9 Å². The Morgan fingerprint density at radius 1 is 0.597 bits per heavy atom. The van der Waals surface area contributed by atoms with Crippen LogP contribution in [0.5, 0.6) is 0 Å². The highest BCUT2D eigenvalue weighted by molar-refractivity contribution is 5.79. The molecule has 10 rings (SSSR count). The number of allylic oxidation sites excluding steroid dienone is 8. The Morgan fingerprint density at radius 2 is 1.04 bits per heavy atom. The number of ether oxygens (including phenoxy) is 8. The van der Waals surface area contributed by atoms with Gasteiger partial charge in [0.25, 0.3) is 0 Å².